The van der Waals surface area contributed by atoms with Crippen LogP contribution in [-0.4, -0.2) is 40.7 Å². The maximum Gasteiger partial charge on any atom is 0.324 e. The van der Waals surface area contributed by atoms with Gasteiger partial charge in [0.25, 0.3) is 0 Å². The lowest BCUT2D eigenvalue weighted by atomic mass is 9.76. The van der Waals surface area contributed by atoms with Crippen molar-refractivity contribution in [3.63, 3.8) is 0 Å². The van der Waals surface area contributed by atoms with Gasteiger partial charge in [-0.2, -0.15) is 0 Å². The summed E-state index contributed by atoms with van der Waals surface area (Å²) in [7, 11) is 5.82. The average molecular weight is 349 g/mol. The van der Waals surface area contributed by atoms with Crippen molar-refractivity contribution < 1.29 is 9.59 Å². The zero-order chi connectivity index (χ0) is 18.7. The zero-order valence-corrected chi connectivity index (χ0v) is 14.5. The molecule has 2 aromatic rings. The van der Waals surface area contributed by atoms with Gasteiger partial charge in [0.15, 0.2) is 0 Å². The second-order valence-corrected chi connectivity index (χ2v) is 6.37. The van der Waals surface area contributed by atoms with Gasteiger partial charge in [-0.25, -0.2) is 9.78 Å². The van der Waals surface area contributed by atoms with Crippen molar-refractivity contribution in [2.75, 3.05) is 5.73 Å². The number of β-lactam (4-membered cyclic amide) rings is 1. The number of hydrogen-bond acceptors (Lipinski definition) is 5. The summed E-state index contributed by atoms with van der Waals surface area (Å²) in [5.74, 6) is -0.161. The lowest BCUT2D eigenvalue weighted by Crippen LogP contribution is -2.65. The molecule has 1 saturated heterocycles. The Bertz CT molecular complexity index is 801. The molecule has 0 spiro atoms. The molecule has 0 saturated carbocycles. The minimum atomic E-state index is -0.438. The molecule has 0 aliphatic carbocycles. The van der Waals surface area contributed by atoms with Gasteiger partial charge < -0.3 is 11.1 Å². The highest BCUT2D eigenvalue weighted by Crippen LogP contribution is 2.32. The predicted octanol–water partition coefficient (Wildman–Crippen LogP) is 1.49. The number of carbonyl (C=O) groups is 2. The van der Waals surface area contributed by atoms with Crippen LogP contribution in [0, 0.1) is 5.92 Å². The number of nitrogen functional groups attached to an aromatic ring is 1. The Hall–Kier alpha value is -2.90. The zero-order valence-electron chi connectivity index (χ0n) is 14.5. The molecule has 1 fully saturated rings. The highest BCUT2D eigenvalue weighted by molar-refractivity contribution is 6.11. The van der Waals surface area contributed by atoms with Crippen molar-refractivity contribution in [1.82, 2.24) is 20.2 Å². The number of nitrogens with one attached hydrogen (secondary N) is 1. The number of carbonyl (C=O) groups excluding carboxylic acids is 2. The number of hydrogen-bond donors (Lipinski definition) is 2. The smallest absolute Gasteiger partial charge is 0.324 e. The number of nitrogens with two attached hydrogens (primary N) is 1. The molecule has 2 aromatic heterocycles. The van der Waals surface area contributed by atoms with E-state index >= 15 is 0 Å². The minimum Gasteiger partial charge on any atom is -0.384 e. The molecule has 2 radical (unpaired) electrons. The van der Waals surface area contributed by atoms with Gasteiger partial charge in [-0.3, -0.25) is 14.7 Å². The summed E-state index contributed by atoms with van der Waals surface area (Å²) < 4.78 is 0. The van der Waals surface area contributed by atoms with E-state index in [1.807, 2.05) is 19.1 Å². The molecule has 1 aliphatic heterocycles. The number of aromatic nitrogens is 2. The number of urea groups is 1. The third-order valence-electron chi connectivity index (χ3n) is 4.64. The van der Waals surface area contributed by atoms with E-state index < -0.39 is 6.03 Å². The van der Waals surface area contributed by atoms with E-state index in [9.17, 15) is 9.59 Å². The number of rotatable bonds is 5. The van der Waals surface area contributed by atoms with Crippen LogP contribution in [0.3, 0.4) is 0 Å². The molecule has 2 unspecified atom stereocenters. The second-order valence-electron chi connectivity index (χ2n) is 6.37. The molecule has 26 heavy (non-hydrogen) atoms. The van der Waals surface area contributed by atoms with Crippen LogP contribution in [0.5, 0.6) is 0 Å². The second kappa shape index (κ2) is 7.55. The van der Waals surface area contributed by atoms with E-state index in [0.29, 0.717) is 12.2 Å². The lowest BCUT2D eigenvalue weighted by molar-refractivity contribution is -0.148. The summed E-state index contributed by atoms with van der Waals surface area (Å²) in [4.78, 5) is 34.2. The number of nitrogens with zero attached hydrogens (tertiary/aromatic N) is 3. The Morgan fingerprint density at radius 2 is 2.23 bits per heavy atom. The van der Waals surface area contributed by atoms with Gasteiger partial charge in [-0.15, -0.1) is 0 Å². The summed E-state index contributed by atoms with van der Waals surface area (Å²) in [6.07, 6.45) is 5.64. The molecule has 0 bridgehead atoms. The van der Waals surface area contributed by atoms with Gasteiger partial charge >= 0.3 is 6.03 Å². The van der Waals surface area contributed by atoms with Crippen LogP contribution in [-0.2, 0) is 11.2 Å². The quantitative estimate of drug-likeness (QED) is 0.629. The van der Waals surface area contributed by atoms with Crippen LogP contribution in [0.2, 0.25) is 6.32 Å². The van der Waals surface area contributed by atoms with Crippen LogP contribution >= 0.6 is 0 Å². The number of imide groups is 1. The van der Waals surface area contributed by atoms with E-state index in [-0.39, 0.29) is 30.2 Å². The maximum atomic E-state index is 12.5. The fraction of sp³-hybridized carbons (Fsp3) is 0.333. The predicted molar refractivity (Wildman–Crippen MR) is 98.2 cm³/mol. The van der Waals surface area contributed by atoms with Crippen molar-refractivity contribution >= 4 is 25.6 Å². The van der Waals surface area contributed by atoms with E-state index in [1.165, 1.54) is 4.90 Å². The normalized spacial score (nSPS) is 20.3. The summed E-state index contributed by atoms with van der Waals surface area (Å²) in [6.45, 7) is 1.84. The number of amides is 3. The van der Waals surface area contributed by atoms with Gasteiger partial charge in [-0.05, 0) is 42.7 Å². The van der Waals surface area contributed by atoms with Crippen LogP contribution in [0.1, 0.15) is 24.1 Å². The maximum absolute atomic E-state index is 12.5. The molecule has 0 aromatic carbocycles. The van der Waals surface area contributed by atoms with Crippen LogP contribution in [0.15, 0.2) is 42.9 Å². The third-order valence-corrected chi connectivity index (χ3v) is 4.64. The summed E-state index contributed by atoms with van der Waals surface area (Å²) in [6, 6.07) is 6.17. The fourth-order valence-corrected chi connectivity index (χ4v) is 3.19. The molecular formula is C18H20BN5O2. The molecule has 132 valence electrons. The number of pyridine rings is 2. The van der Waals surface area contributed by atoms with Crippen LogP contribution in [0.25, 0.3) is 0 Å². The molecule has 3 amide bonds. The Labute approximate surface area is 153 Å². The Kier molecular flexibility index (Phi) is 5.20. The molecular weight excluding hydrogens is 329 g/mol. The molecule has 3 N–H and O–H groups in total. The summed E-state index contributed by atoms with van der Waals surface area (Å²) in [5.41, 5.74) is 7.44. The first-order valence-corrected chi connectivity index (χ1v) is 8.45. The fourth-order valence-electron chi connectivity index (χ4n) is 3.19. The number of likely N-dealkylation sites (tertiary alicyclic amines) is 1. The van der Waals surface area contributed by atoms with E-state index in [0.717, 1.165) is 11.1 Å². The first-order chi connectivity index (χ1) is 12.5. The molecule has 8 heteroatoms. The Balaban J connectivity index is 1.65. The van der Waals surface area contributed by atoms with E-state index in [2.05, 4.69) is 15.3 Å². The van der Waals surface area contributed by atoms with Gasteiger partial charge in [0.1, 0.15) is 5.82 Å². The lowest BCUT2D eigenvalue weighted by Gasteiger charge is -2.46. The Morgan fingerprint density at radius 1 is 1.42 bits per heavy atom. The highest BCUT2D eigenvalue weighted by atomic mass is 16.2. The first kappa shape index (κ1) is 17.9. The van der Waals surface area contributed by atoms with Crippen molar-refractivity contribution in [1.29, 1.82) is 0 Å². The highest BCUT2D eigenvalue weighted by Gasteiger charge is 2.49. The third kappa shape index (κ3) is 3.54. The minimum absolute atomic E-state index is 0.214. The summed E-state index contributed by atoms with van der Waals surface area (Å²) in [5, 5.41) is 2.83. The van der Waals surface area contributed by atoms with Gasteiger partial charge in [0.2, 0.25) is 5.91 Å². The van der Waals surface area contributed by atoms with Gasteiger partial charge in [-0.1, -0.05) is 12.4 Å². The number of anilines is 1. The molecule has 1 aliphatic rings. The average Bonchev–Trinajstić information content (AvgIpc) is 2.64. The van der Waals surface area contributed by atoms with E-state index in [1.54, 1.807) is 30.7 Å². The van der Waals surface area contributed by atoms with Crippen molar-refractivity contribution in [3.05, 3.63) is 54.0 Å². The monoisotopic (exact) mass is 349 g/mol. The first-order valence-electron chi connectivity index (χ1n) is 8.45. The standard InChI is InChI=1S/C18H20BN5O2/c1-11(13-3-2-5-21-10-13)23-18(26)24-15(9-19)14(17(24)25)7-12-4-6-22-16(20)8-12/h2-6,8,10-11,14-15H,7,9H2,1H3,(H2,20,22)(H,23,26)/t11?,14-,15?/m1/s1. The van der Waals surface area contributed by atoms with Crippen LogP contribution in [0.4, 0.5) is 10.6 Å². The summed E-state index contributed by atoms with van der Waals surface area (Å²) >= 11 is 0. The SMILES string of the molecule is [B]CC1[C@@H](Cc2ccnc(N)c2)C(=O)N1C(=O)NC(C)c1cccnc1. The molecule has 7 nitrogen and oxygen atoms in total. The van der Waals surface area contributed by atoms with Crippen molar-refractivity contribution in [3.8, 4) is 0 Å². The van der Waals surface area contributed by atoms with Crippen LogP contribution < -0.4 is 11.1 Å². The van der Waals surface area contributed by atoms with Crippen molar-refractivity contribution in [2.45, 2.75) is 31.7 Å². The molecule has 3 heterocycles. The Morgan fingerprint density at radius 3 is 2.88 bits per heavy atom. The van der Waals surface area contributed by atoms with E-state index in [4.69, 9.17) is 13.6 Å². The van der Waals surface area contributed by atoms with Gasteiger partial charge in [0, 0.05) is 24.6 Å². The van der Waals surface area contributed by atoms with Gasteiger partial charge in [0.05, 0.1) is 19.8 Å². The molecule has 3 atom stereocenters. The van der Waals surface area contributed by atoms with Crippen molar-refractivity contribution in [2.24, 2.45) is 5.92 Å². The topological polar surface area (TPSA) is 101 Å². The largest absolute Gasteiger partial charge is 0.384 e. The molecule has 3 rings (SSSR count).